The lowest BCUT2D eigenvalue weighted by Gasteiger charge is -2.29. The molecule has 0 amide bonds. The predicted octanol–water partition coefficient (Wildman–Crippen LogP) is 2.17. The largest absolute Gasteiger partial charge is 0.351 e. The van der Waals surface area contributed by atoms with Crippen molar-refractivity contribution < 1.29 is 0 Å². The number of aromatic amines is 1. The van der Waals surface area contributed by atoms with Gasteiger partial charge in [-0.1, -0.05) is 0 Å². The van der Waals surface area contributed by atoms with E-state index in [4.69, 9.17) is 0 Å². The van der Waals surface area contributed by atoms with Crippen molar-refractivity contribution in [3.8, 4) is 11.1 Å². The van der Waals surface area contributed by atoms with Gasteiger partial charge in [0, 0.05) is 41.1 Å². The number of hydrogen-bond donors (Lipinski definition) is 2. The number of piperidine rings is 1. The van der Waals surface area contributed by atoms with Crippen LogP contribution in [0.1, 0.15) is 12.8 Å². The molecule has 0 radical (unpaired) electrons. The second-order valence-corrected chi connectivity index (χ2v) is 6.86. The lowest BCUT2D eigenvalue weighted by atomic mass is 10.1. The number of hydrogen-bond acceptors (Lipinski definition) is 6. The molecule has 26 heavy (non-hydrogen) atoms. The molecule has 0 bridgehead atoms. The molecule has 1 saturated heterocycles. The third-order valence-electron chi connectivity index (χ3n) is 5.07. The minimum absolute atomic E-state index is 0.438. The molecule has 1 aliphatic rings. The summed E-state index contributed by atoms with van der Waals surface area (Å²) in [5, 5.41) is 8.67. The fourth-order valence-electron chi connectivity index (χ4n) is 3.53. The van der Waals surface area contributed by atoms with Crippen LogP contribution >= 0.6 is 0 Å². The summed E-state index contributed by atoms with van der Waals surface area (Å²) in [7, 11) is 2.16. The zero-order valence-electron chi connectivity index (χ0n) is 14.6. The zero-order valence-corrected chi connectivity index (χ0v) is 14.6. The summed E-state index contributed by atoms with van der Waals surface area (Å²) in [5.74, 6) is 0.687. The van der Waals surface area contributed by atoms with Gasteiger partial charge >= 0.3 is 0 Å². The van der Waals surface area contributed by atoms with Gasteiger partial charge in [-0.15, -0.1) is 0 Å². The number of pyridine rings is 1. The van der Waals surface area contributed by atoms with E-state index in [0.717, 1.165) is 53.7 Å². The smallest absolute Gasteiger partial charge is 0.224 e. The van der Waals surface area contributed by atoms with Crippen LogP contribution in [0.2, 0.25) is 0 Å². The molecule has 0 spiro atoms. The summed E-state index contributed by atoms with van der Waals surface area (Å²) < 4.78 is 1.77. The topological polar surface area (TPSA) is 87.0 Å². The van der Waals surface area contributed by atoms with Gasteiger partial charge < -0.3 is 15.2 Å². The fourth-order valence-corrected chi connectivity index (χ4v) is 3.53. The zero-order chi connectivity index (χ0) is 17.5. The summed E-state index contributed by atoms with van der Waals surface area (Å²) in [6, 6.07) is 4.43. The van der Waals surface area contributed by atoms with Crippen LogP contribution in [-0.4, -0.2) is 60.6 Å². The van der Waals surface area contributed by atoms with Crippen molar-refractivity contribution in [3.05, 3.63) is 37.1 Å². The molecule has 4 aromatic rings. The molecule has 5 heterocycles. The highest BCUT2D eigenvalue weighted by molar-refractivity contribution is 5.93. The first-order valence-corrected chi connectivity index (χ1v) is 8.85. The van der Waals surface area contributed by atoms with E-state index in [1.807, 2.05) is 30.7 Å². The van der Waals surface area contributed by atoms with Crippen LogP contribution in [0.4, 0.5) is 5.95 Å². The van der Waals surface area contributed by atoms with E-state index in [9.17, 15) is 0 Å². The first-order valence-electron chi connectivity index (χ1n) is 8.85. The van der Waals surface area contributed by atoms with E-state index in [1.54, 1.807) is 10.8 Å². The van der Waals surface area contributed by atoms with Gasteiger partial charge in [0.05, 0.1) is 0 Å². The molecule has 5 rings (SSSR count). The second kappa shape index (κ2) is 6.06. The molecule has 2 N–H and O–H groups in total. The Morgan fingerprint density at radius 2 is 2.08 bits per heavy atom. The molecule has 8 heteroatoms. The van der Waals surface area contributed by atoms with Crippen molar-refractivity contribution in [1.82, 2.24) is 34.4 Å². The molecule has 1 aliphatic heterocycles. The van der Waals surface area contributed by atoms with Gasteiger partial charge in [0.15, 0.2) is 5.65 Å². The Morgan fingerprint density at radius 1 is 1.19 bits per heavy atom. The standard InChI is InChI=1S/C18H20N8/c1-25-6-4-13(5-7-25)23-18-20-9-15-14(8-19-17(15)24-18)12-2-3-16-21-11-22-26(16)10-12/h2-3,8-11,13H,4-7H2,1H3,(H2,19,20,23,24). The number of rotatable bonds is 3. The lowest BCUT2D eigenvalue weighted by Crippen LogP contribution is -2.37. The van der Waals surface area contributed by atoms with Crippen molar-refractivity contribution in [2.45, 2.75) is 18.9 Å². The number of fused-ring (bicyclic) bond motifs is 2. The molecule has 0 saturated carbocycles. The molecular weight excluding hydrogens is 328 g/mol. The van der Waals surface area contributed by atoms with Crippen molar-refractivity contribution >= 4 is 22.6 Å². The first-order chi connectivity index (χ1) is 12.8. The number of H-pyrrole nitrogens is 1. The Balaban J connectivity index is 1.44. The Morgan fingerprint density at radius 3 is 2.96 bits per heavy atom. The van der Waals surface area contributed by atoms with Crippen LogP contribution < -0.4 is 5.32 Å². The van der Waals surface area contributed by atoms with Crippen LogP contribution in [0.25, 0.3) is 27.8 Å². The third kappa shape index (κ3) is 2.68. The van der Waals surface area contributed by atoms with Gasteiger partial charge in [-0.25, -0.2) is 14.5 Å². The minimum atomic E-state index is 0.438. The highest BCUT2D eigenvalue weighted by Gasteiger charge is 2.18. The Labute approximate surface area is 150 Å². The minimum Gasteiger partial charge on any atom is -0.351 e. The van der Waals surface area contributed by atoms with Gasteiger partial charge in [-0.3, -0.25) is 0 Å². The number of nitrogens with zero attached hydrogens (tertiary/aromatic N) is 6. The molecule has 0 atom stereocenters. The Hall–Kier alpha value is -3.00. The molecule has 0 aromatic carbocycles. The lowest BCUT2D eigenvalue weighted by molar-refractivity contribution is 0.263. The normalized spacial score (nSPS) is 16.5. The van der Waals surface area contributed by atoms with E-state index in [2.05, 4.69) is 42.3 Å². The molecule has 8 nitrogen and oxygen atoms in total. The van der Waals surface area contributed by atoms with Gasteiger partial charge in [-0.05, 0) is 45.1 Å². The summed E-state index contributed by atoms with van der Waals surface area (Å²) in [6.45, 7) is 2.22. The number of anilines is 1. The molecular formula is C18H20N8. The van der Waals surface area contributed by atoms with Crippen LogP contribution in [0.5, 0.6) is 0 Å². The summed E-state index contributed by atoms with van der Waals surface area (Å²) in [4.78, 5) is 19.0. The first kappa shape index (κ1) is 15.3. The quantitative estimate of drug-likeness (QED) is 0.590. The molecule has 0 aliphatic carbocycles. The maximum atomic E-state index is 4.66. The summed E-state index contributed by atoms with van der Waals surface area (Å²) >= 11 is 0. The highest BCUT2D eigenvalue weighted by Crippen LogP contribution is 2.28. The monoisotopic (exact) mass is 348 g/mol. The summed E-state index contributed by atoms with van der Waals surface area (Å²) in [6.07, 6.45) is 9.61. The average molecular weight is 348 g/mol. The van der Waals surface area contributed by atoms with Crippen LogP contribution in [0, 0.1) is 0 Å². The fraction of sp³-hybridized carbons (Fsp3) is 0.333. The van der Waals surface area contributed by atoms with Crippen molar-refractivity contribution in [3.63, 3.8) is 0 Å². The predicted molar refractivity (Wildman–Crippen MR) is 100 cm³/mol. The molecule has 0 unspecified atom stereocenters. The average Bonchev–Trinajstić information content (AvgIpc) is 3.29. The van der Waals surface area contributed by atoms with Gasteiger partial charge in [0.2, 0.25) is 5.95 Å². The highest BCUT2D eigenvalue weighted by atomic mass is 15.3. The third-order valence-corrected chi connectivity index (χ3v) is 5.07. The van der Waals surface area contributed by atoms with E-state index < -0.39 is 0 Å². The second-order valence-electron chi connectivity index (χ2n) is 6.86. The van der Waals surface area contributed by atoms with Crippen molar-refractivity contribution in [2.75, 3.05) is 25.5 Å². The van der Waals surface area contributed by atoms with E-state index in [-0.39, 0.29) is 0 Å². The Kier molecular flexibility index (Phi) is 3.56. The van der Waals surface area contributed by atoms with Gasteiger partial charge in [-0.2, -0.15) is 10.1 Å². The Bertz CT molecular complexity index is 1060. The maximum absolute atomic E-state index is 4.66. The van der Waals surface area contributed by atoms with Crippen molar-refractivity contribution in [1.29, 1.82) is 0 Å². The van der Waals surface area contributed by atoms with Crippen LogP contribution in [0.3, 0.4) is 0 Å². The maximum Gasteiger partial charge on any atom is 0.224 e. The van der Waals surface area contributed by atoms with E-state index in [1.165, 1.54) is 0 Å². The number of nitrogens with one attached hydrogen (secondary N) is 2. The number of likely N-dealkylation sites (tertiary alicyclic amines) is 1. The van der Waals surface area contributed by atoms with Gasteiger partial charge in [0.25, 0.3) is 0 Å². The van der Waals surface area contributed by atoms with Crippen LogP contribution in [0.15, 0.2) is 37.1 Å². The van der Waals surface area contributed by atoms with Crippen molar-refractivity contribution in [2.24, 2.45) is 0 Å². The molecule has 1 fully saturated rings. The number of aromatic nitrogens is 6. The van der Waals surface area contributed by atoms with E-state index >= 15 is 0 Å². The summed E-state index contributed by atoms with van der Waals surface area (Å²) in [5.41, 5.74) is 3.77. The van der Waals surface area contributed by atoms with Gasteiger partial charge in [0.1, 0.15) is 12.0 Å². The molecule has 132 valence electrons. The van der Waals surface area contributed by atoms with E-state index in [0.29, 0.717) is 12.0 Å². The van der Waals surface area contributed by atoms with Crippen LogP contribution in [-0.2, 0) is 0 Å². The SMILES string of the molecule is CN1CCC(Nc2ncc3c(-c4ccc5ncnn5c4)c[nH]c3n2)CC1. The molecule has 4 aromatic heterocycles.